The first-order chi connectivity index (χ1) is 9.84. The highest BCUT2D eigenvalue weighted by atomic mass is 14.6. The lowest BCUT2D eigenvalue weighted by molar-refractivity contribution is 0.0526. The Kier molecular flexibility index (Phi) is 2.60. The summed E-state index contributed by atoms with van der Waals surface area (Å²) in [5.41, 5.74) is 1.85. The molecule has 2 aliphatic rings. The maximum atomic E-state index is 9.48. The molecule has 2 aromatic rings. The van der Waals surface area contributed by atoms with Crippen molar-refractivity contribution in [1.29, 1.82) is 5.26 Å². The fourth-order valence-corrected chi connectivity index (χ4v) is 4.73. The summed E-state index contributed by atoms with van der Waals surface area (Å²) in [6.45, 7) is 0. The maximum Gasteiger partial charge on any atom is 0.0662 e. The summed E-state index contributed by atoms with van der Waals surface area (Å²) in [7, 11) is 0. The van der Waals surface area contributed by atoms with Crippen molar-refractivity contribution in [2.45, 2.75) is 38.0 Å². The van der Waals surface area contributed by atoms with E-state index in [1.165, 1.54) is 42.0 Å². The van der Waals surface area contributed by atoms with Gasteiger partial charge in [-0.25, -0.2) is 0 Å². The minimum atomic E-state index is 0.221. The van der Waals surface area contributed by atoms with Crippen LogP contribution in [0.4, 0.5) is 0 Å². The van der Waals surface area contributed by atoms with Gasteiger partial charge in [-0.15, -0.1) is 0 Å². The van der Waals surface area contributed by atoms with Gasteiger partial charge < -0.3 is 0 Å². The summed E-state index contributed by atoms with van der Waals surface area (Å²) in [5.74, 6) is 0.681. The van der Waals surface area contributed by atoms with Gasteiger partial charge in [0, 0.05) is 5.92 Å². The molecule has 0 aromatic heterocycles. The highest BCUT2D eigenvalue weighted by Crippen LogP contribution is 2.65. The van der Waals surface area contributed by atoms with Gasteiger partial charge in [-0.2, -0.15) is 5.26 Å². The second-order valence-electron chi connectivity index (χ2n) is 6.56. The third-order valence-electron chi connectivity index (χ3n) is 5.61. The van der Waals surface area contributed by atoms with Crippen molar-refractivity contribution in [3.8, 4) is 6.07 Å². The van der Waals surface area contributed by atoms with Crippen LogP contribution >= 0.6 is 0 Å². The van der Waals surface area contributed by atoms with Crippen LogP contribution in [0.5, 0.6) is 0 Å². The molecule has 0 amide bonds. The van der Waals surface area contributed by atoms with Gasteiger partial charge in [-0.05, 0) is 41.0 Å². The van der Waals surface area contributed by atoms with E-state index < -0.39 is 0 Å². The summed E-state index contributed by atoms with van der Waals surface area (Å²) in [4.78, 5) is 0. The predicted octanol–water partition coefficient (Wildman–Crippen LogP) is 5.03. The van der Waals surface area contributed by atoms with Crippen LogP contribution in [0.15, 0.2) is 42.5 Å². The van der Waals surface area contributed by atoms with Crippen LogP contribution in [-0.2, 0) is 0 Å². The molecule has 2 fully saturated rings. The number of fused-ring (bicyclic) bond motifs is 1. The molecular formula is C19H19N. The summed E-state index contributed by atoms with van der Waals surface area (Å²) < 4.78 is 0. The molecule has 4 rings (SSSR count). The SMILES string of the molecule is N#CC1CC2(CCCC2)C1c1cccc2ccccc12. The van der Waals surface area contributed by atoms with E-state index in [9.17, 15) is 5.26 Å². The van der Waals surface area contributed by atoms with E-state index in [1.54, 1.807) is 0 Å². The van der Waals surface area contributed by atoms with E-state index in [0.717, 1.165) is 6.42 Å². The number of benzene rings is 2. The fraction of sp³-hybridized carbons (Fsp3) is 0.421. The zero-order valence-corrected chi connectivity index (χ0v) is 11.7. The Labute approximate surface area is 120 Å². The lowest BCUT2D eigenvalue weighted by Crippen LogP contribution is -2.43. The molecule has 0 heterocycles. The second-order valence-corrected chi connectivity index (χ2v) is 6.56. The Morgan fingerprint density at radius 3 is 2.55 bits per heavy atom. The molecule has 1 spiro atoms. The molecule has 2 aliphatic carbocycles. The Bertz CT molecular complexity index is 683. The molecule has 0 radical (unpaired) electrons. The lowest BCUT2D eigenvalue weighted by atomic mass is 9.51. The largest absolute Gasteiger partial charge is 0.198 e. The molecule has 100 valence electrons. The molecule has 2 unspecified atom stereocenters. The van der Waals surface area contributed by atoms with E-state index in [0.29, 0.717) is 11.3 Å². The van der Waals surface area contributed by atoms with Crippen molar-refractivity contribution in [1.82, 2.24) is 0 Å². The van der Waals surface area contributed by atoms with E-state index >= 15 is 0 Å². The van der Waals surface area contributed by atoms with E-state index in [2.05, 4.69) is 48.5 Å². The van der Waals surface area contributed by atoms with Gasteiger partial charge in [0.15, 0.2) is 0 Å². The van der Waals surface area contributed by atoms with E-state index in [4.69, 9.17) is 0 Å². The maximum absolute atomic E-state index is 9.48. The Morgan fingerprint density at radius 2 is 1.75 bits per heavy atom. The summed E-state index contributed by atoms with van der Waals surface area (Å²) in [6.07, 6.45) is 6.45. The van der Waals surface area contributed by atoms with Gasteiger partial charge in [0.05, 0.1) is 12.0 Å². The number of hydrogen-bond acceptors (Lipinski definition) is 1. The highest BCUT2D eigenvalue weighted by Gasteiger charge is 2.55. The molecule has 0 saturated heterocycles. The number of hydrogen-bond donors (Lipinski definition) is 0. The summed E-state index contributed by atoms with van der Waals surface area (Å²) in [6, 6.07) is 17.8. The summed E-state index contributed by atoms with van der Waals surface area (Å²) >= 11 is 0. The smallest absolute Gasteiger partial charge is 0.0662 e. The van der Waals surface area contributed by atoms with Gasteiger partial charge in [0.2, 0.25) is 0 Å². The average Bonchev–Trinajstić information content (AvgIpc) is 2.96. The van der Waals surface area contributed by atoms with Gasteiger partial charge in [0.25, 0.3) is 0 Å². The van der Waals surface area contributed by atoms with Gasteiger partial charge in [0.1, 0.15) is 0 Å². The normalized spacial score (nSPS) is 27.4. The second kappa shape index (κ2) is 4.35. The van der Waals surface area contributed by atoms with Crippen molar-refractivity contribution >= 4 is 10.8 Å². The Balaban J connectivity index is 1.87. The highest BCUT2D eigenvalue weighted by molar-refractivity contribution is 5.86. The lowest BCUT2D eigenvalue weighted by Gasteiger charge is -2.51. The molecule has 1 nitrogen and oxygen atoms in total. The third-order valence-corrected chi connectivity index (χ3v) is 5.61. The van der Waals surface area contributed by atoms with Crippen molar-refractivity contribution in [2.75, 3.05) is 0 Å². The number of nitrogens with zero attached hydrogens (tertiary/aromatic N) is 1. The first-order valence-corrected chi connectivity index (χ1v) is 7.71. The van der Waals surface area contributed by atoms with Crippen LogP contribution in [0.25, 0.3) is 10.8 Å². The molecule has 2 saturated carbocycles. The number of rotatable bonds is 1. The van der Waals surface area contributed by atoms with Crippen LogP contribution in [-0.4, -0.2) is 0 Å². The van der Waals surface area contributed by atoms with Crippen molar-refractivity contribution in [2.24, 2.45) is 11.3 Å². The monoisotopic (exact) mass is 261 g/mol. The van der Waals surface area contributed by atoms with Crippen LogP contribution in [0, 0.1) is 22.7 Å². The molecular weight excluding hydrogens is 242 g/mol. The molecule has 0 aliphatic heterocycles. The molecule has 0 N–H and O–H groups in total. The van der Waals surface area contributed by atoms with Gasteiger partial charge in [-0.3, -0.25) is 0 Å². The standard InChI is InChI=1S/C19H19N/c20-13-15-12-19(10-3-4-11-19)18(15)17-9-5-7-14-6-1-2-8-16(14)17/h1-2,5-9,15,18H,3-4,10-12H2. The third kappa shape index (κ3) is 1.54. The van der Waals surface area contributed by atoms with Crippen LogP contribution in [0.2, 0.25) is 0 Å². The van der Waals surface area contributed by atoms with Crippen molar-refractivity contribution in [3.05, 3.63) is 48.0 Å². The number of nitriles is 1. The molecule has 2 aromatic carbocycles. The molecule has 0 bridgehead atoms. The quantitative estimate of drug-likeness (QED) is 0.706. The average molecular weight is 261 g/mol. The van der Waals surface area contributed by atoms with Crippen LogP contribution in [0.1, 0.15) is 43.6 Å². The first kappa shape index (κ1) is 12.0. The predicted molar refractivity (Wildman–Crippen MR) is 81.3 cm³/mol. The molecule has 1 heteroatoms. The van der Waals surface area contributed by atoms with E-state index in [1.807, 2.05) is 0 Å². The minimum Gasteiger partial charge on any atom is -0.198 e. The first-order valence-electron chi connectivity index (χ1n) is 7.71. The minimum absolute atomic E-state index is 0.221. The van der Waals surface area contributed by atoms with Gasteiger partial charge in [-0.1, -0.05) is 55.3 Å². The fourth-order valence-electron chi connectivity index (χ4n) is 4.73. The Hall–Kier alpha value is -1.81. The van der Waals surface area contributed by atoms with Crippen molar-refractivity contribution < 1.29 is 0 Å². The van der Waals surface area contributed by atoms with Crippen LogP contribution in [0.3, 0.4) is 0 Å². The zero-order valence-electron chi connectivity index (χ0n) is 11.7. The van der Waals surface area contributed by atoms with Crippen LogP contribution < -0.4 is 0 Å². The summed E-state index contributed by atoms with van der Waals surface area (Å²) in [5, 5.41) is 12.1. The Morgan fingerprint density at radius 1 is 1.00 bits per heavy atom. The molecule has 20 heavy (non-hydrogen) atoms. The van der Waals surface area contributed by atoms with Crippen molar-refractivity contribution in [3.63, 3.8) is 0 Å². The van der Waals surface area contributed by atoms with Gasteiger partial charge >= 0.3 is 0 Å². The molecule has 2 atom stereocenters. The zero-order chi connectivity index (χ0) is 13.6. The van der Waals surface area contributed by atoms with E-state index in [-0.39, 0.29) is 5.92 Å². The topological polar surface area (TPSA) is 23.8 Å².